The number of hydrogen-bond donors (Lipinski definition) is 3. The fourth-order valence-corrected chi connectivity index (χ4v) is 2.58. The number of rotatable bonds is 7. The second-order valence-corrected chi connectivity index (χ2v) is 5.39. The monoisotopic (exact) mass is 336 g/mol. The molecule has 2 amide bonds. The van der Waals surface area contributed by atoms with E-state index in [1.165, 1.54) is 11.3 Å². The highest BCUT2D eigenvalue weighted by molar-refractivity contribution is 7.09. The highest BCUT2D eigenvalue weighted by Crippen LogP contribution is 2.14. The predicted molar refractivity (Wildman–Crippen MR) is 83.8 cm³/mol. The highest BCUT2D eigenvalue weighted by atomic mass is 32.1. The number of carboxylic acid groups (broad SMARTS) is 1. The van der Waals surface area contributed by atoms with Crippen molar-refractivity contribution in [1.82, 2.24) is 20.6 Å². The lowest BCUT2D eigenvalue weighted by Gasteiger charge is -2.07. The maximum atomic E-state index is 12.1. The van der Waals surface area contributed by atoms with Crippen molar-refractivity contribution < 1.29 is 19.4 Å². The first-order chi connectivity index (χ1) is 11.1. The van der Waals surface area contributed by atoms with Crippen LogP contribution in [0.25, 0.3) is 0 Å². The fraction of sp³-hybridized carbons (Fsp3) is 0.286. The standard InChI is InChI=1S/C14H16N4O4S/c1-22-11-3-2-5-15-9(11)7-17-13(19)10-8-23-12(18-10)4-6-16-14(20)21/h2-3,5,8,16H,4,6-7H2,1H3,(H,17,19)(H,20,21). The van der Waals surface area contributed by atoms with Crippen molar-refractivity contribution >= 4 is 23.3 Å². The van der Waals surface area contributed by atoms with Crippen LogP contribution < -0.4 is 15.4 Å². The molecule has 8 nitrogen and oxygen atoms in total. The second-order valence-electron chi connectivity index (χ2n) is 4.44. The van der Waals surface area contributed by atoms with E-state index in [2.05, 4.69) is 20.6 Å². The van der Waals surface area contributed by atoms with Crippen LogP contribution in [-0.2, 0) is 13.0 Å². The number of aromatic nitrogens is 2. The average molecular weight is 336 g/mol. The number of ether oxygens (including phenoxy) is 1. The average Bonchev–Trinajstić information content (AvgIpc) is 3.01. The minimum Gasteiger partial charge on any atom is -0.495 e. The van der Waals surface area contributed by atoms with Gasteiger partial charge in [0.2, 0.25) is 0 Å². The number of amides is 2. The molecular formula is C14H16N4O4S. The molecule has 122 valence electrons. The minimum atomic E-state index is -1.08. The zero-order valence-electron chi connectivity index (χ0n) is 12.4. The lowest BCUT2D eigenvalue weighted by Crippen LogP contribution is -2.24. The SMILES string of the molecule is COc1cccnc1CNC(=O)c1csc(CCNC(=O)O)n1. The van der Waals surface area contributed by atoms with Gasteiger partial charge in [-0.05, 0) is 12.1 Å². The van der Waals surface area contributed by atoms with E-state index in [0.29, 0.717) is 28.6 Å². The molecule has 0 atom stereocenters. The fourth-order valence-electron chi connectivity index (χ4n) is 1.80. The molecule has 2 heterocycles. The maximum absolute atomic E-state index is 12.1. The number of pyridine rings is 1. The lowest BCUT2D eigenvalue weighted by molar-refractivity contribution is 0.0945. The molecule has 2 rings (SSSR count). The van der Waals surface area contributed by atoms with Crippen molar-refractivity contribution in [1.29, 1.82) is 0 Å². The maximum Gasteiger partial charge on any atom is 0.404 e. The molecule has 2 aromatic rings. The van der Waals surface area contributed by atoms with E-state index in [1.807, 2.05) is 0 Å². The Hall–Kier alpha value is -2.68. The number of methoxy groups -OCH3 is 1. The van der Waals surface area contributed by atoms with Gasteiger partial charge in [0.05, 0.1) is 18.7 Å². The number of carbonyl (C=O) groups is 2. The number of nitrogens with zero attached hydrogens (tertiary/aromatic N) is 2. The Balaban J connectivity index is 1.88. The van der Waals surface area contributed by atoms with Crippen LogP contribution in [0.15, 0.2) is 23.7 Å². The third kappa shape index (κ3) is 4.92. The summed E-state index contributed by atoms with van der Waals surface area (Å²) < 4.78 is 5.17. The molecule has 0 aromatic carbocycles. The lowest BCUT2D eigenvalue weighted by atomic mass is 10.3. The van der Waals surface area contributed by atoms with Crippen LogP contribution in [0.3, 0.4) is 0 Å². The van der Waals surface area contributed by atoms with Crippen molar-refractivity contribution in [2.75, 3.05) is 13.7 Å². The normalized spacial score (nSPS) is 10.1. The Morgan fingerprint density at radius 1 is 1.39 bits per heavy atom. The molecule has 0 radical (unpaired) electrons. The van der Waals surface area contributed by atoms with Crippen molar-refractivity contribution in [3.05, 3.63) is 40.1 Å². The van der Waals surface area contributed by atoms with Gasteiger partial charge in [0.25, 0.3) is 5.91 Å². The molecular weight excluding hydrogens is 320 g/mol. The molecule has 0 unspecified atom stereocenters. The molecule has 2 aromatic heterocycles. The first kappa shape index (κ1) is 16.7. The van der Waals surface area contributed by atoms with Crippen LogP contribution in [0.2, 0.25) is 0 Å². The van der Waals surface area contributed by atoms with E-state index in [0.717, 1.165) is 0 Å². The summed E-state index contributed by atoms with van der Waals surface area (Å²) >= 11 is 1.31. The molecule has 0 saturated heterocycles. The molecule has 0 spiro atoms. The zero-order valence-corrected chi connectivity index (χ0v) is 13.2. The topological polar surface area (TPSA) is 113 Å². The molecule has 0 aliphatic carbocycles. The Labute approximate surface area is 136 Å². The molecule has 0 aliphatic rings. The van der Waals surface area contributed by atoms with Gasteiger partial charge in [-0.25, -0.2) is 9.78 Å². The molecule has 9 heteroatoms. The summed E-state index contributed by atoms with van der Waals surface area (Å²) in [7, 11) is 1.54. The Morgan fingerprint density at radius 2 is 2.22 bits per heavy atom. The number of nitrogens with one attached hydrogen (secondary N) is 2. The van der Waals surface area contributed by atoms with Crippen LogP contribution >= 0.6 is 11.3 Å². The molecule has 0 saturated carbocycles. The van der Waals surface area contributed by atoms with Gasteiger partial charge in [-0.15, -0.1) is 11.3 Å². The van der Waals surface area contributed by atoms with E-state index in [4.69, 9.17) is 9.84 Å². The Kier molecular flexibility index (Phi) is 5.87. The van der Waals surface area contributed by atoms with Crippen molar-refractivity contribution in [2.45, 2.75) is 13.0 Å². The third-order valence-electron chi connectivity index (χ3n) is 2.88. The molecule has 23 heavy (non-hydrogen) atoms. The van der Waals surface area contributed by atoms with Crippen molar-refractivity contribution in [2.24, 2.45) is 0 Å². The third-order valence-corrected chi connectivity index (χ3v) is 3.79. The quantitative estimate of drug-likeness (QED) is 0.702. The van der Waals surface area contributed by atoms with Gasteiger partial charge >= 0.3 is 6.09 Å². The van der Waals surface area contributed by atoms with Gasteiger partial charge < -0.3 is 20.5 Å². The molecule has 3 N–H and O–H groups in total. The summed E-state index contributed by atoms with van der Waals surface area (Å²) in [4.78, 5) is 30.8. The largest absolute Gasteiger partial charge is 0.495 e. The highest BCUT2D eigenvalue weighted by Gasteiger charge is 2.12. The smallest absolute Gasteiger partial charge is 0.404 e. The Morgan fingerprint density at radius 3 is 2.96 bits per heavy atom. The number of thiazole rings is 1. The van der Waals surface area contributed by atoms with E-state index >= 15 is 0 Å². The van der Waals surface area contributed by atoms with E-state index < -0.39 is 6.09 Å². The van der Waals surface area contributed by atoms with Gasteiger partial charge in [0.15, 0.2) is 0 Å². The number of hydrogen-bond acceptors (Lipinski definition) is 6. The van der Waals surface area contributed by atoms with Gasteiger partial charge in [-0.1, -0.05) is 0 Å². The molecule has 0 bridgehead atoms. The first-order valence-corrected chi connectivity index (χ1v) is 7.65. The minimum absolute atomic E-state index is 0.232. The summed E-state index contributed by atoms with van der Waals surface area (Å²) in [6.45, 7) is 0.491. The first-order valence-electron chi connectivity index (χ1n) is 6.77. The zero-order chi connectivity index (χ0) is 16.7. The summed E-state index contributed by atoms with van der Waals surface area (Å²) in [5, 5.41) is 15.8. The van der Waals surface area contributed by atoms with E-state index in [9.17, 15) is 9.59 Å². The summed E-state index contributed by atoms with van der Waals surface area (Å²) in [6, 6.07) is 3.52. The number of carbonyl (C=O) groups excluding carboxylic acids is 1. The summed E-state index contributed by atoms with van der Waals surface area (Å²) in [6.07, 6.45) is 0.988. The van der Waals surface area contributed by atoms with Crippen LogP contribution in [-0.4, -0.2) is 40.7 Å². The molecule has 0 aliphatic heterocycles. The van der Waals surface area contributed by atoms with Crippen LogP contribution in [0, 0.1) is 0 Å². The van der Waals surface area contributed by atoms with E-state index in [-0.39, 0.29) is 19.0 Å². The van der Waals surface area contributed by atoms with E-state index in [1.54, 1.807) is 30.8 Å². The van der Waals surface area contributed by atoms with Gasteiger partial charge in [0, 0.05) is 24.5 Å². The van der Waals surface area contributed by atoms with Crippen molar-refractivity contribution in [3.8, 4) is 5.75 Å². The predicted octanol–water partition coefficient (Wildman–Crippen LogP) is 1.29. The van der Waals surface area contributed by atoms with Gasteiger partial charge in [-0.2, -0.15) is 0 Å². The van der Waals surface area contributed by atoms with Gasteiger partial charge in [0.1, 0.15) is 17.1 Å². The van der Waals surface area contributed by atoms with Gasteiger partial charge in [-0.3, -0.25) is 9.78 Å². The molecule has 0 fully saturated rings. The van der Waals surface area contributed by atoms with Crippen molar-refractivity contribution in [3.63, 3.8) is 0 Å². The summed E-state index contributed by atoms with van der Waals surface area (Å²) in [5.41, 5.74) is 0.930. The van der Waals surface area contributed by atoms with Crippen LogP contribution in [0.1, 0.15) is 21.2 Å². The second kappa shape index (κ2) is 8.08. The van der Waals surface area contributed by atoms with Crippen LogP contribution in [0.4, 0.5) is 4.79 Å². The van der Waals surface area contributed by atoms with Crippen LogP contribution in [0.5, 0.6) is 5.75 Å². The summed E-state index contributed by atoms with van der Waals surface area (Å²) in [5.74, 6) is 0.290. The Bertz CT molecular complexity index is 689.